The van der Waals surface area contributed by atoms with Crippen LogP contribution in [-0.4, -0.2) is 35.1 Å². The van der Waals surface area contributed by atoms with Crippen molar-refractivity contribution >= 4 is 17.5 Å². The number of hydrogen-bond acceptors (Lipinski definition) is 3. The fraction of sp³-hybridized carbons (Fsp3) is 0.579. The maximum absolute atomic E-state index is 12.7. The van der Waals surface area contributed by atoms with Crippen LogP contribution >= 0.6 is 0 Å². The second kappa shape index (κ2) is 7.79. The van der Waals surface area contributed by atoms with Crippen LogP contribution in [0.1, 0.15) is 52.0 Å². The number of para-hydroxylation sites is 1. The summed E-state index contributed by atoms with van der Waals surface area (Å²) in [6.45, 7) is 5.75. The van der Waals surface area contributed by atoms with E-state index in [1.54, 1.807) is 4.90 Å². The van der Waals surface area contributed by atoms with Crippen LogP contribution in [0.25, 0.3) is 0 Å². The molecule has 0 fully saturated rings. The van der Waals surface area contributed by atoms with Crippen molar-refractivity contribution in [3.05, 3.63) is 29.8 Å². The van der Waals surface area contributed by atoms with Gasteiger partial charge in [0, 0.05) is 25.6 Å². The summed E-state index contributed by atoms with van der Waals surface area (Å²) in [5, 5.41) is 13.5. The summed E-state index contributed by atoms with van der Waals surface area (Å²) in [5.74, 6) is -0.343. The number of benzene rings is 1. The summed E-state index contributed by atoms with van der Waals surface area (Å²) in [7, 11) is 0. The molecule has 2 amide bonds. The lowest BCUT2D eigenvalue weighted by Crippen LogP contribution is -2.51. The van der Waals surface area contributed by atoms with E-state index < -0.39 is 11.6 Å². The van der Waals surface area contributed by atoms with E-state index in [9.17, 15) is 14.7 Å². The fourth-order valence-electron chi connectivity index (χ4n) is 3.59. The Labute approximate surface area is 144 Å². The van der Waals surface area contributed by atoms with Gasteiger partial charge >= 0.3 is 0 Å². The van der Waals surface area contributed by atoms with Crippen LogP contribution in [0.4, 0.5) is 5.69 Å². The summed E-state index contributed by atoms with van der Waals surface area (Å²) in [6, 6.07) is 7.07. The van der Waals surface area contributed by atoms with Gasteiger partial charge in [0.1, 0.15) is 6.04 Å². The lowest BCUT2D eigenvalue weighted by molar-refractivity contribution is -0.126. The van der Waals surface area contributed by atoms with Crippen molar-refractivity contribution in [1.29, 1.82) is 0 Å². The van der Waals surface area contributed by atoms with E-state index in [-0.39, 0.29) is 18.4 Å². The Hall–Kier alpha value is -1.88. The van der Waals surface area contributed by atoms with Gasteiger partial charge in [-0.1, -0.05) is 44.9 Å². The molecule has 0 aliphatic carbocycles. The van der Waals surface area contributed by atoms with Gasteiger partial charge < -0.3 is 10.4 Å². The Morgan fingerprint density at radius 2 is 1.88 bits per heavy atom. The maximum atomic E-state index is 12.7. The van der Waals surface area contributed by atoms with Crippen molar-refractivity contribution in [2.75, 3.05) is 11.4 Å². The summed E-state index contributed by atoms with van der Waals surface area (Å²) in [6.07, 6.45) is 3.55. The molecular weight excluding hydrogens is 304 g/mol. The number of carbonyl (C=O) groups excluding carboxylic acids is 2. The van der Waals surface area contributed by atoms with Crippen LogP contribution in [0.2, 0.25) is 0 Å². The van der Waals surface area contributed by atoms with Crippen molar-refractivity contribution in [2.45, 2.75) is 64.5 Å². The molecule has 2 N–H and O–H groups in total. The first kappa shape index (κ1) is 18.5. The van der Waals surface area contributed by atoms with E-state index in [2.05, 4.69) is 5.32 Å². The molecule has 1 aliphatic heterocycles. The number of rotatable bonds is 7. The van der Waals surface area contributed by atoms with E-state index in [0.717, 1.165) is 24.1 Å². The lowest BCUT2D eigenvalue weighted by atomic mass is 9.92. The third kappa shape index (κ3) is 3.96. The van der Waals surface area contributed by atoms with Crippen molar-refractivity contribution in [3.63, 3.8) is 0 Å². The Morgan fingerprint density at radius 1 is 1.25 bits per heavy atom. The van der Waals surface area contributed by atoms with E-state index in [4.69, 9.17) is 0 Å². The molecule has 0 radical (unpaired) electrons. The number of nitrogens with one attached hydrogen (secondary N) is 1. The second-order valence-electron chi connectivity index (χ2n) is 6.68. The topological polar surface area (TPSA) is 69.6 Å². The molecule has 24 heavy (non-hydrogen) atoms. The molecule has 1 aliphatic rings. The predicted molar refractivity (Wildman–Crippen MR) is 94.9 cm³/mol. The van der Waals surface area contributed by atoms with Gasteiger partial charge in [-0.2, -0.15) is 0 Å². The molecule has 1 heterocycles. The van der Waals surface area contributed by atoms with Crippen molar-refractivity contribution in [3.8, 4) is 0 Å². The van der Waals surface area contributed by atoms with E-state index in [1.165, 1.54) is 6.92 Å². The van der Waals surface area contributed by atoms with Gasteiger partial charge in [-0.05, 0) is 24.5 Å². The molecule has 1 aromatic carbocycles. The van der Waals surface area contributed by atoms with E-state index in [0.29, 0.717) is 19.3 Å². The van der Waals surface area contributed by atoms with Gasteiger partial charge in [-0.25, -0.2) is 0 Å². The number of hydrogen-bond donors (Lipinski definition) is 2. The Morgan fingerprint density at radius 3 is 2.46 bits per heavy atom. The standard InChI is InChI=1S/C19H28N2O3/c1-4-10-19(24,11-5-2)13-20-18(23)17-12-15-8-6-7-9-16(15)21(17)14(3)22/h6-9,17,24H,4-5,10-13H2,1-3H3,(H,20,23)/t17-/m0/s1. The Balaban J connectivity index is 2.08. The number of anilines is 1. The smallest absolute Gasteiger partial charge is 0.243 e. The molecule has 0 unspecified atom stereocenters. The van der Waals surface area contributed by atoms with Crippen molar-refractivity contribution in [1.82, 2.24) is 5.32 Å². The molecule has 0 aromatic heterocycles. The van der Waals surface area contributed by atoms with Gasteiger partial charge in [0.25, 0.3) is 0 Å². The second-order valence-corrected chi connectivity index (χ2v) is 6.68. The monoisotopic (exact) mass is 332 g/mol. The highest BCUT2D eigenvalue weighted by Gasteiger charge is 2.37. The molecule has 0 bridgehead atoms. The molecule has 0 spiro atoms. The first-order valence-corrected chi connectivity index (χ1v) is 8.79. The van der Waals surface area contributed by atoms with Crippen LogP contribution in [0.15, 0.2) is 24.3 Å². The largest absolute Gasteiger partial charge is 0.388 e. The third-order valence-electron chi connectivity index (χ3n) is 4.64. The molecular formula is C19H28N2O3. The molecule has 0 saturated heterocycles. The quantitative estimate of drug-likeness (QED) is 0.805. The summed E-state index contributed by atoms with van der Waals surface area (Å²) in [5.41, 5.74) is 0.943. The number of fused-ring (bicyclic) bond motifs is 1. The zero-order valence-corrected chi connectivity index (χ0v) is 14.8. The van der Waals surface area contributed by atoms with Gasteiger partial charge in [-0.3, -0.25) is 14.5 Å². The number of nitrogens with zero attached hydrogens (tertiary/aromatic N) is 1. The summed E-state index contributed by atoms with van der Waals surface area (Å²) in [4.78, 5) is 26.3. The lowest BCUT2D eigenvalue weighted by Gasteiger charge is -2.29. The van der Waals surface area contributed by atoms with Crippen LogP contribution < -0.4 is 10.2 Å². The number of carbonyl (C=O) groups is 2. The average Bonchev–Trinajstić information content (AvgIpc) is 2.93. The molecule has 132 valence electrons. The molecule has 2 rings (SSSR count). The molecule has 1 aromatic rings. The third-order valence-corrected chi connectivity index (χ3v) is 4.64. The van der Waals surface area contributed by atoms with Gasteiger partial charge in [-0.15, -0.1) is 0 Å². The molecule has 5 nitrogen and oxygen atoms in total. The van der Waals surface area contributed by atoms with Crippen LogP contribution in [0, 0.1) is 0 Å². The first-order valence-electron chi connectivity index (χ1n) is 8.79. The molecule has 0 saturated carbocycles. The van der Waals surface area contributed by atoms with E-state index in [1.807, 2.05) is 38.1 Å². The van der Waals surface area contributed by atoms with Crippen LogP contribution in [-0.2, 0) is 16.0 Å². The van der Waals surface area contributed by atoms with Gasteiger partial charge in [0.15, 0.2) is 0 Å². The van der Waals surface area contributed by atoms with E-state index >= 15 is 0 Å². The number of aliphatic hydroxyl groups is 1. The molecule has 1 atom stereocenters. The molecule has 5 heteroatoms. The minimum Gasteiger partial charge on any atom is -0.388 e. The van der Waals surface area contributed by atoms with Crippen molar-refractivity contribution in [2.24, 2.45) is 0 Å². The normalized spacial score (nSPS) is 16.8. The van der Waals surface area contributed by atoms with Gasteiger partial charge in [0.2, 0.25) is 11.8 Å². The summed E-state index contributed by atoms with van der Waals surface area (Å²) >= 11 is 0. The zero-order chi connectivity index (χ0) is 17.7. The van der Waals surface area contributed by atoms with Crippen LogP contribution in [0.5, 0.6) is 0 Å². The average molecular weight is 332 g/mol. The Kier molecular flexibility index (Phi) is 5.99. The highest BCUT2D eigenvalue weighted by molar-refractivity contribution is 6.02. The predicted octanol–water partition coefficient (Wildman–Crippen LogP) is 2.41. The minimum atomic E-state index is -0.869. The van der Waals surface area contributed by atoms with Crippen LogP contribution in [0.3, 0.4) is 0 Å². The van der Waals surface area contributed by atoms with Crippen molar-refractivity contribution < 1.29 is 14.7 Å². The SMILES string of the molecule is CCCC(O)(CCC)CNC(=O)[C@@H]1Cc2ccccc2N1C(C)=O. The van der Waals surface area contributed by atoms with Gasteiger partial charge in [0.05, 0.1) is 5.60 Å². The number of amides is 2. The fourth-order valence-corrected chi connectivity index (χ4v) is 3.59. The highest BCUT2D eigenvalue weighted by Crippen LogP contribution is 2.32. The Bertz CT molecular complexity index is 594. The summed E-state index contributed by atoms with van der Waals surface area (Å²) < 4.78 is 0. The first-order chi connectivity index (χ1) is 11.4. The highest BCUT2D eigenvalue weighted by atomic mass is 16.3. The minimum absolute atomic E-state index is 0.141. The maximum Gasteiger partial charge on any atom is 0.243 e. The zero-order valence-electron chi connectivity index (χ0n) is 14.8.